The summed E-state index contributed by atoms with van der Waals surface area (Å²) in [6.45, 7) is 0. The van der Waals surface area contributed by atoms with Gasteiger partial charge in [-0.3, -0.25) is 14.6 Å². The molecule has 1 unspecified atom stereocenters. The van der Waals surface area contributed by atoms with Gasteiger partial charge in [0.15, 0.2) is 6.29 Å². The lowest BCUT2D eigenvalue weighted by molar-refractivity contribution is -0.117. The normalized spacial score (nSPS) is 17.1. The van der Waals surface area contributed by atoms with Gasteiger partial charge in [0.1, 0.15) is 11.8 Å². The number of alkyl halides is 3. The van der Waals surface area contributed by atoms with Crippen molar-refractivity contribution >= 4 is 35.5 Å². The molecule has 0 spiro atoms. The minimum Gasteiger partial charge on any atom is -0.398 e. The van der Waals surface area contributed by atoms with Gasteiger partial charge < -0.3 is 16.5 Å². The predicted octanol–water partition coefficient (Wildman–Crippen LogP) is 2.35. The molecule has 1 aliphatic heterocycles. The average Bonchev–Trinajstić information content (AvgIpc) is 2.55. The van der Waals surface area contributed by atoms with Crippen molar-refractivity contribution in [3.8, 4) is 0 Å². The van der Waals surface area contributed by atoms with Crippen LogP contribution in [0.15, 0.2) is 29.3 Å². The van der Waals surface area contributed by atoms with Gasteiger partial charge in [-0.2, -0.15) is 13.2 Å². The average molecular weight is 338 g/mol. The zero-order valence-electron chi connectivity index (χ0n) is 12.2. The van der Waals surface area contributed by atoms with E-state index < -0.39 is 23.8 Å². The molecule has 0 bridgehead atoms. The lowest BCUT2D eigenvalue weighted by Gasteiger charge is -2.18. The SMILES string of the molecule is N=Cc1cc(NC(=O)C2CC=CC(C(F)(F)F)=N2)c(C=O)cc1N. The van der Waals surface area contributed by atoms with Gasteiger partial charge in [-0.25, -0.2) is 0 Å². The van der Waals surface area contributed by atoms with Gasteiger partial charge in [0, 0.05) is 23.0 Å². The molecule has 9 heteroatoms. The Morgan fingerprint density at radius 1 is 1.38 bits per heavy atom. The van der Waals surface area contributed by atoms with Crippen LogP contribution in [0.1, 0.15) is 22.3 Å². The first kappa shape index (κ1) is 17.4. The molecule has 0 aliphatic carbocycles. The Balaban J connectivity index is 2.27. The maximum absolute atomic E-state index is 12.7. The van der Waals surface area contributed by atoms with E-state index in [0.29, 0.717) is 6.29 Å². The number of carbonyl (C=O) groups excluding carboxylic acids is 2. The summed E-state index contributed by atoms with van der Waals surface area (Å²) in [6.07, 6.45) is -1.22. The number of nitrogens with one attached hydrogen (secondary N) is 2. The molecule has 1 aromatic carbocycles. The molecular formula is C15H13F3N4O2. The summed E-state index contributed by atoms with van der Waals surface area (Å²) in [5.41, 5.74) is 5.04. The smallest absolute Gasteiger partial charge is 0.398 e. The number of nitrogens with zero attached hydrogens (tertiary/aromatic N) is 1. The Morgan fingerprint density at radius 3 is 2.67 bits per heavy atom. The highest BCUT2D eigenvalue weighted by Gasteiger charge is 2.36. The second-order valence-corrected chi connectivity index (χ2v) is 4.99. The number of halogens is 3. The van der Waals surface area contributed by atoms with Gasteiger partial charge in [0.2, 0.25) is 5.91 Å². The number of aliphatic imine (C=N–C) groups is 1. The van der Waals surface area contributed by atoms with E-state index >= 15 is 0 Å². The van der Waals surface area contributed by atoms with Crippen molar-refractivity contribution in [1.82, 2.24) is 0 Å². The number of dihydropyridines is 1. The van der Waals surface area contributed by atoms with E-state index in [4.69, 9.17) is 11.1 Å². The number of benzene rings is 1. The van der Waals surface area contributed by atoms with Crippen LogP contribution in [-0.2, 0) is 4.79 Å². The van der Waals surface area contributed by atoms with Crippen LogP contribution < -0.4 is 11.1 Å². The molecule has 1 amide bonds. The number of nitrogens with two attached hydrogens (primary N) is 1. The fourth-order valence-electron chi connectivity index (χ4n) is 2.10. The molecule has 1 heterocycles. The summed E-state index contributed by atoms with van der Waals surface area (Å²) >= 11 is 0. The number of rotatable bonds is 4. The van der Waals surface area contributed by atoms with E-state index in [2.05, 4.69) is 10.3 Å². The summed E-state index contributed by atoms with van der Waals surface area (Å²) in [6, 6.07) is 1.32. The standard InChI is InChI=1S/C15H13F3N4O2/c16-15(17,18)13-3-1-2-11(21-13)14(24)22-12-5-8(6-19)10(20)4-9(12)7-23/h1,3-7,11,19H,2,20H2,(H,22,24). The molecule has 6 nitrogen and oxygen atoms in total. The molecular weight excluding hydrogens is 325 g/mol. The third kappa shape index (κ3) is 3.67. The van der Waals surface area contributed by atoms with Crippen molar-refractivity contribution in [3.63, 3.8) is 0 Å². The Morgan fingerprint density at radius 2 is 2.08 bits per heavy atom. The van der Waals surface area contributed by atoms with Crippen molar-refractivity contribution in [3.05, 3.63) is 35.4 Å². The van der Waals surface area contributed by atoms with Gasteiger partial charge in [0.25, 0.3) is 0 Å². The van der Waals surface area contributed by atoms with Gasteiger partial charge in [-0.15, -0.1) is 0 Å². The first-order valence-corrected chi connectivity index (χ1v) is 6.78. The highest BCUT2D eigenvalue weighted by atomic mass is 19.4. The van der Waals surface area contributed by atoms with Crippen molar-refractivity contribution < 1.29 is 22.8 Å². The molecule has 1 aromatic rings. The monoisotopic (exact) mass is 338 g/mol. The van der Waals surface area contributed by atoms with Crippen LogP contribution in [0.3, 0.4) is 0 Å². The summed E-state index contributed by atoms with van der Waals surface area (Å²) in [4.78, 5) is 26.6. The number of hydrogen-bond acceptors (Lipinski definition) is 5. The third-order valence-corrected chi connectivity index (χ3v) is 3.32. The predicted molar refractivity (Wildman–Crippen MR) is 83.8 cm³/mol. The van der Waals surface area contributed by atoms with E-state index in [1.165, 1.54) is 18.2 Å². The van der Waals surface area contributed by atoms with Crippen molar-refractivity contribution in [2.75, 3.05) is 11.1 Å². The molecule has 1 aliphatic rings. The summed E-state index contributed by atoms with van der Waals surface area (Å²) in [5, 5.41) is 9.59. The third-order valence-electron chi connectivity index (χ3n) is 3.32. The second kappa shape index (κ2) is 6.65. The summed E-state index contributed by atoms with van der Waals surface area (Å²) in [7, 11) is 0. The zero-order valence-corrected chi connectivity index (χ0v) is 12.2. The van der Waals surface area contributed by atoms with E-state index in [1.807, 2.05) is 0 Å². The fraction of sp³-hybridized carbons (Fsp3) is 0.200. The fourth-order valence-corrected chi connectivity index (χ4v) is 2.10. The molecule has 2 rings (SSSR count). The van der Waals surface area contributed by atoms with Gasteiger partial charge in [-0.05, 0) is 24.6 Å². The molecule has 126 valence electrons. The van der Waals surface area contributed by atoms with E-state index in [-0.39, 0.29) is 28.9 Å². The summed E-state index contributed by atoms with van der Waals surface area (Å²) in [5.74, 6) is -0.787. The molecule has 0 fully saturated rings. The first-order valence-electron chi connectivity index (χ1n) is 6.78. The van der Waals surface area contributed by atoms with E-state index in [9.17, 15) is 22.8 Å². The molecule has 0 aromatic heterocycles. The minimum atomic E-state index is -4.64. The summed E-state index contributed by atoms with van der Waals surface area (Å²) < 4.78 is 38.0. The lowest BCUT2D eigenvalue weighted by Crippen LogP contribution is -2.32. The molecule has 4 N–H and O–H groups in total. The number of nitrogen functional groups attached to an aromatic ring is 1. The van der Waals surface area contributed by atoms with Crippen molar-refractivity contribution in [1.29, 1.82) is 5.41 Å². The minimum absolute atomic E-state index is 0.00817. The Labute approximate surface area is 134 Å². The van der Waals surface area contributed by atoms with Crippen LogP contribution >= 0.6 is 0 Å². The largest absolute Gasteiger partial charge is 0.432 e. The number of anilines is 2. The van der Waals surface area contributed by atoms with Gasteiger partial charge in [0.05, 0.1) is 5.69 Å². The van der Waals surface area contributed by atoms with E-state index in [0.717, 1.165) is 12.3 Å². The zero-order chi connectivity index (χ0) is 17.9. The molecule has 0 radical (unpaired) electrons. The lowest BCUT2D eigenvalue weighted by atomic mass is 10.1. The van der Waals surface area contributed by atoms with Crippen LogP contribution in [0.4, 0.5) is 24.5 Å². The topological polar surface area (TPSA) is 108 Å². The Hall–Kier alpha value is -2.97. The van der Waals surface area contributed by atoms with Crippen molar-refractivity contribution in [2.24, 2.45) is 4.99 Å². The number of carbonyl (C=O) groups is 2. The highest BCUT2D eigenvalue weighted by Crippen LogP contribution is 2.24. The van der Waals surface area contributed by atoms with Gasteiger partial charge in [-0.1, -0.05) is 6.08 Å². The molecule has 1 atom stereocenters. The number of amides is 1. The maximum atomic E-state index is 12.7. The van der Waals surface area contributed by atoms with Gasteiger partial charge >= 0.3 is 6.18 Å². The van der Waals surface area contributed by atoms with Crippen LogP contribution in [0, 0.1) is 5.41 Å². The number of hydrogen-bond donors (Lipinski definition) is 3. The first-order chi connectivity index (χ1) is 11.3. The molecule has 24 heavy (non-hydrogen) atoms. The van der Waals surface area contributed by atoms with Crippen LogP contribution in [-0.4, -0.2) is 36.3 Å². The van der Waals surface area contributed by atoms with Crippen molar-refractivity contribution in [2.45, 2.75) is 18.6 Å². The quantitative estimate of drug-likeness (QED) is 0.445. The Kier molecular flexibility index (Phi) is 4.82. The van der Waals surface area contributed by atoms with Crippen LogP contribution in [0.25, 0.3) is 0 Å². The van der Waals surface area contributed by atoms with Crippen LogP contribution in [0.5, 0.6) is 0 Å². The second-order valence-electron chi connectivity index (χ2n) is 4.99. The highest BCUT2D eigenvalue weighted by molar-refractivity contribution is 6.06. The number of allylic oxidation sites excluding steroid dienone is 1. The van der Waals surface area contributed by atoms with Crippen LogP contribution in [0.2, 0.25) is 0 Å². The van der Waals surface area contributed by atoms with E-state index in [1.54, 1.807) is 0 Å². The number of aldehydes is 1. The Bertz CT molecular complexity index is 754. The molecule has 0 saturated heterocycles. The maximum Gasteiger partial charge on any atom is 0.432 e. The molecule has 0 saturated carbocycles.